The van der Waals surface area contributed by atoms with Crippen molar-refractivity contribution in [2.24, 2.45) is 5.92 Å². The van der Waals surface area contributed by atoms with E-state index < -0.39 is 6.10 Å². The molecule has 1 aliphatic heterocycles. The van der Waals surface area contributed by atoms with Crippen LogP contribution in [0.4, 0.5) is 11.4 Å². The van der Waals surface area contributed by atoms with Gasteiger partial charge in [0, 0.05) is 24.3 Å². The smallest absolute Gasteiger partial charge is 0.265 e. The minimum Gasteiger partial charge on any atom is -0.479 e. The van der Waals surface area contributed by atoms with Gasteiger partial charge >= 0.3 is 0 Å². The predicted octanol–water partition coefficient (Wildman–Crippen LogP) is 3.45. The Hall–Kier alpha value is -2.83. The average Bonchev–Trinajstić information content (AvgIpc) is 2.87. The Balaban J connectivity index is 1.62. The number of rotatable bonds is 6. The van der Waals surface area contributed by atoms with Crippen molar-refractivity contribution in [2.75, 3.05) is 10.6 Å². The number of aromatic nitrogens is 2. The number of fused-ring (bicyclic) bond motifs is 1. The second-order valence-electron chi connectivity index (χ2n) is 7.73. The molecule has 0 saturated heterocycles. The molecule has 2 N–H and O–H groups in total. The zero-order chi connectivity index (χ0) is 20.4. The molecule has 0 bridgehead atoms. The van der Waals surface area contributed by atoms with Gasteiger partial charge in [-0.3, -0.25) is 14.3 Å². The van der Waals surface area contributed by atoms with Gasteiger partial charge in [0.25, 0.3) is 5.91 Å². The molecule has 2 heterocycles. The van der Waals surface area contributed by atoms with Gasteiger partial charge in [0.15, 0.2) is 6.10 Å². The summed E-state index contributed by atoms with van der Waals surface area (Å²) in [5, 5.41) is 10.3. The van der Waals surface area contributed by atoms with Gasteiger partial charge in [0.2, 0.25) is 5.91 Å². The molecule has 28 heavy (non-hydrogen) atoms. The first-order valence-electron chi connectivity index (χ1n) is 9.69. The van der Waals surface area contributed by atoms with Crippen LogP contribution in [0.3, 0.4) is 0 Å². The molecular formula is C21H28N4O3. The lowest BCUT2D eigenvalue weighted by Gasteiger charge is -2.23. The summed E-state index contributed by atoms with van der Waals surface area (Å²) in [6.07, 6.45) is 0.492. The molecule has 1 aromatic heterocycles. The van der Waals surface area contributed by atoms with E-state index in [1.54, 1.807) is 25.1 Å². The molecule has 1 aromatic carbocycles. The average molecular weight is 384 g/mol. The summed E-state index contributed by atoms with van der Waals surface area (Å²) >= 11 is 0. The fourth-order valence-corrected chi connectivity index (χ4v) is 3.37. The topological polar surface area (TPSA) is 85.3 Å². The minimum absolute atomic E-state index is 0.0771. The van der Waals surface area contributed by atoms with E-state index in [9.17, 15) is 9.59 Å². The first-order valence-corrected chi connectivity index (χ1v) is 9.69. The molecule has 0 aliphatic carbocycles. The molecule has 0 unspecified atom stereocenters. The highest BCUT2D eigenvalue weighted by molar-refractivity contribution is 5.99. The number of nitrogens with zero attached hydrogens (tertiary/aromatic N) is 2. The Bertz CT molecular complexity index is 901. The van der Waals surface area contributed by atoms with E-state index in [0.29, 0.717) is 35.9 Å². The zero-order valence-electron chi connectivity index (χ0n) is 17.1. The van der Waals surface area contributed by atoms with Gasteiger partial charge in [-0.1, -0.05) is 13.8 Å². The highest BCUT2D eigenvalue weighted by Gasteiger charge is 2.23. The van der Waals surface area contributed by atoms with Crippen LogP contribution in [0.5, 0.6) is 5.75 Å². The summed E-state index contributed by atoms with van der Waals surface area (Å²) in [6.45, 7) is 10.9. The third-order valence-corrected chi connectivity index (χ3v) is 4.87. The second-order valence-corrected chi connectivity index (χ2v) is 7.73. The van der Waals surface area contributed by atoms with Crippen molar-refractivity contribution in [3.8, 4) is 5.75 Å². The van der Waals surface area contributed by atoms with Crippen LogP contribution in [0.15, 0.2) is 18.2 Å². The number of hydrogen-bond donors (Lipinski definition) is 2. The standard InChI is InChI=1S/C21H28N4O3/c1-12(2)11-25-14(4)17(13(3)24-25)7-9-20(26)22-16-6-8-19-18(10-16)23-21(27)15(5)28-19/h6,8,10,12,15H,7,9,11H2,1-5H3,(H,22,26)(H,23,27)/t15-/m0/s1. The van der Waals surface area contributed by atoms with Crippen molar-refractivity contribution in [2.45, 2.75) is 60.1 Å². The molecule has 2 aromatic rings. The molecule has 1 atom stereocenters. The summed E-state index contributed by atoms with van der Waals surface area (Å²) < 4.78 is 7.56. The SMILES string of the molecule is Cc1nn(CC(C)C)c(C)c1CCC(=O)Nc1ccc2c(c1)NC(=O)[C@H](C)O2. The lowest BCUT2D eigenvalue weighted by Crippen LogP contribution is -2.34. The molecule has 0 spiro atoms. The maximum absolute atomic E-state index is 12.4. The lowest BCUT2D eigenvalue weighted by molar-refractivity contribution is -0.122. The van der Waals surface area contributed by atoms with Crippen LogP contribution in [0.25, 0.3) is 0 Å². The molecule has 1 aliphatic rings. The number of carbonyl (C=O) groups is 2. The van der Waals surface area contributed by atoms with Gasteiger partial charge in [0.05, 0.1) is 11.4 Å². The molecule has 150 valence electrons. The number of nitrogens with one attached hydrogen (secondary N) is 2. The van der Waals surface area contributed by atoms with Crippen LogP contribution >= 0.6 is 0 Å². The molecular weight excluding hydrogens is 356 g/mol. The number of hydrogen-bond acceptors (Lipinski definition) is 4. The Morgan fingerprint density at radius 2 is 2.11 bits per heavy atom. The maximum Gasteiger partial charge on any atom is 0.265 e. The Morgan fingerprint density at radius 1 is 1.36 bits per heavy atom. The molecule has 0 fully saturated rings. The third kappa shape index (κ3) is 4.35. The van der Waals surface area contributed by atoms with Crippen molar-refractivity contribution in [1.82, 2.24) is 9.78 Å². The van der Waals surface area contributed by atoms with Crippen LogP contribution in [-0.4, -0.2) is 27.7 Å². The van der Waals surface area contributed by atoms with Crippen molar-refractivity contribution in [3.63, 3.8) is 0 Å². The molecule has 7 nitrogen and oxygen atoms in total. The Kier molecular flexibility index (Phi) is 5.72. The van der Waals surface area contributed by atoms with E-state index in [4.69, 9.17) is 4.74 Å². The lowest BCUT2D eigenvalue weighted by atomic mass is 10.1. The first-order chi connectivity index (χ1) is 13.2. The highest BCUT2D eigenvalue weighted by Crippen LogP contribution is 2.32. The first kappa shape index (κ1) is 19.9. The van der Waals surface area contributed by atoms with Gasteiger partial charge in [-0.2, -0.15) is 5.10 Å². The zero-order valence-corrected chi connectivity index (χ0v) is 17.1. The summed E-state index contributed by atoms with van der Waals surface area (Å²) in [4.78, 5) is 24.2. The van der Waals surface area contributed by atoms with Crippen molar-refractivity contribution in [3.05, 3.63) is 35.2 Å². The normalized spacial score (nSPS) is 15.8. The minimum atomic E-state index is -0.518. The van der Waals surface area contributed by atoms with Crippen molar-refractivity contribution >= 4 is 23.2 Å². The van der Waals surface area contributed by atoms with E-state index in [1.165, 1.54) is 0 Å². The Labute approximate surface area is 165 Å². The second kappa shape index (κ2) is 8.04. The van der Waals surface area contributed by atoms with Crippen LogP contribution < -0.4 is 15.4 Å². The van der Waals surface area contributed by atoms with Gasteiger partial charge in [-0.05, 0) is 56.9 Å². The number of amides is 2. The quantitative estimate of drug-likeness (QED) is 0.799. The van der Waals surface area contributed by atoms with E-state index >= 15 is 0 Å². The predicted molar refractivity (Wildman–Crippen MR) is 109 cm³/mol. The van der Waals surface area contributed by atoms with Crippen LogP contribution in [0, 0.1) is 19.8 Å². The number of carbonyl (C=O) groups excluding carboxylic acids is 2. The number of anilines is 2. The van der Waals surface area contributed by atoms with Gasteiger partial charge in [-0.25, -0.2) is 0 Å². The fraction of sp³-hybridized carbons (Fsp3) is 0.476. The number of ether oxygens (including phenoxy) is 1. The Morgan fingerprint density at radius 3 is 2.82 bits per heavy atom. The van der Waals surface area contributed by atoms with E-state index in [-0.39, 0.29) is 11.8 Å². The van der Waals surface area contributed by atoms with Crippen molar-refractivity contribution in [1.29, 1.82) is 0 Å². The summed E-state index contributed by atoms with van der Waals surface area (Å²) in [7, 11) is 0. The van der Waals surface area contributed by atoms with Crippen LogP contribution in [-0.2, 0) is 22.6 Å². The number of aryl methyl sites for hydroxylation is 1. The molecule has 0 radical (unpaired) electrons. The fourth-order valence-electron chi connectivity index (χ4n) is 3.37. The molecule has 7 heteroatoms. The molecule has 3 rings (SSSR count). The van der Waals surface area contributed by atoms with Gasteiger partial charge in [-0.15, -0.1) is 0 Å². The van der Waals surface area contributed by atoms with Crippen molar-refractivity contribution < 1.29 is 14.3 Å². The third-order valence-electron chi connectivity index (χ3n) is 4.87. The van der Waals surface area contributed by atoms with Crippen LogP contribution in [0.2, 0.25) is 0 Å². The van der Waals surface area contributed by atoms with E-state index in [0.717, 1.165) is 23.5 Å². The van der Waals surface area contributed by atoms with E-state index in [2.05, 4.69) is 36.5 Å². The largest absolute Gasteiger partial charge is 0.479 e. The maximum atomic E-state index is 12.4. The summed E-state index contributed by atoms with van der Waals surface area (Å²) in [5.41, 5.74) is 4.44. The summed E-state index contributed by atoms with van der Waals surface area (Å²) in [5.74, 6) is 0.853. The molecule has 2 amide bonds. The monoisotopic (exact) mass is 384 g/mol. The van der Waals surface area contributed by atoms with Gasteiger partial charge < -0.3 is 15.4 Å². The van der Waals surface area contributed by atoms with Crippen LogP contribution in [0.1, 0.15) is 44.1 Å². The van der Waals surface area contributed by atoms with E-state index in [1.807, 2.05) is 11.6 Å². The molecule has 0 saturated carbocycles. The highest BCUT2D eigenvalue weighted by atomic mass is 16.5. The summed E-state index contributed by atoms with van der Waals surface area (Å²) in [6, 6.07) is 5.25. The van der Waals surface area contributed by atoms with Gasteiger partial charge in [0.1, 0.15) is 5.75 Å². The number of benzene rings is 1.